The van der Waals surface area contributed by atoms with Crippen LogP contribution in [0.25, 0.3) is 0 Å². The first kappa shape index (κ1) is 9.72. The van der Waals surface area contributed by atoms with E-state index in [1.54, 1.807) is 0 Å². The highest BCUT2D eigenvalue weighted by atomic mass is 14.7. The molecule has 1 aromatic rings. The quantitative estimate of drug-likeness (QED) is 0.485. The molecule has 0 aliphatic rings. The highest BCUT2D eigenvalue weighted by Gasteiger charge is 1.90. The molecule has 0 aromatic heterocycles. The number of hydrogen-bond donors (Lipinski definition) is 0. The summed E-state index contributed by atoms with van der Waals surface area (Å²) in [5.41, 5.74) is 2.19. The molecule has 0 radical (unpaired) electrons. The molecule has 0 heterocycles. The minimum absolute atomic E-state index is 0.998. The first-order valence-corrected chi connectivity index (χ1v) is 4.53. The van der Waals surface area contributed by atoms with Gasteiger partial charge in [-0.15, -0.1) is 6.58 Å². The summed E-state index contributed by atoms with van der Waals surface area (Å²) in [6.07, 6.45) is 3.92. The highest BCUT2D eigenvalue weighted by Crippen LogP contribution is 2.11. The number of rotatable bonds is 4. The van der Waals surface area contributed by atoms with Crippen LogP contribution in [-0.4, -0.2) is 5.71 Å². The lowest BCUT2D eigenvalue weighted by molar-refractivity contribution is 1.09. The summed E-state index contributed by atoms with van der Waals surface area (Å²) in [5, 5.41) is 0. The van der Waals surface area contributed by atoms with Gasteiger partial charge in [-0.1, -0.05) is 24.3 Å². The number of benzene rings is 1. The van der Waals surface area contributed by atoms with Crippen molar-refractivity contribution in [3.05, 3.63) is 43.0 Å². The first-order chi connectivity index (χ1) is 6.33. The third kappa shape index (κ3) is 3.70. The van der Waals surface area contributed by atoms with Gasteiger partial charge in [-0.25, -0.2) is 0 Å². The minimum Gasteiger partial charge on any atom is -0.258 e. The van der Waals surface area contributed by atoms with Crippen LogP contribution >= 0.6 is 0 Å². The topological polar surface area (TPSA) is 12.4 Å². The number of para-hydroxylation sites is 1. The zero-order chi connectivity index (χ0) is 9.52. The van der Waals surface area contributed by atoms with Crippen molar-refractivity contribution in [2.24, 2.45) is 4.99 Å². The highest BCUT2D eigenvalue weighted by molar-refractivity contribution is 5.84. The van der Waals surface area contributed by atoms with Crippen LogP contribution in [0.4, 0.5) is 5.69 Å². The van der Waals surface area contributed by atoms with Crippen LogP contribution in [-0.2, 0) is 0 Å². The Labute approximate surface area is 79.8 Å². The van der Waals surface area contributed by atoms with Crippen molar-refractivity contribution in [2.75, 3.05) is 0 Å². The zero-order valence-electron chi connectivity index (χ0n) is 8.03. The van der Waals surface area contributed by atoms with Gasteiger partial charge in [-0.3, -0.25) is 4.99 Å². The number of allylic oxidation sites excluding steroid dienone is 1. The maximum Gasteiger partial charge on any atom is 0.0628 e. The van der Waals surface area contributed by atoms with Crippen molar-refractivity contribution < 1.29 is 0 Å². The standard InChI is InChI=1S/C12H15N/c1-3-4-8-11(2)13-12-9-6-5-7-10-12/h3,5-7,9-10H,1,4,8H2,2H3. The lowest BCUT2D eigenvalue weighted by Crippen LogP contribution is -1.88. The average Bonchev–Trinajstić information content (AvgIpc) is 2.16. The Balaban J connectivity index is 2.60. The summed E-state index contributed by atoms with van der Waals surface area (Å²) >= 11 is 0. The Morgan fingerprint density at radius 1 is 1.38 bits per heavy atom. The molecule has 1 heteroatoms. The van der Waals surface area contributed by atoms with Crippen LogP contribution in [0.15, 0.2) is 48.0 Å². The van der Waals surface area contributed by atoms with Gasteiger partial charge in [0.05, 0.1) is 5.69 Å². The van der Waals surface area contributed by atoms with Gasteiger partial charge in [0.15, 0.2) is 0 Å². The monoisotopic (exact) mass is 173 g/mol. The Hall–Kier alpha value is -1.37. The van der Waals surface area contributed by atoms with Crippen LogP contribution in [0.2, 0.25) is 0 Å². The van der Waals surface area contributed by atoms with Crippen molar-refractivity contribution in [3.8, 4) is 0 Å². The van der Waals surface area contributed by atoms with Gasteiger partial charge in [-0.05, 0) is 31.9 Å². The molecule has 0 bridgehead atoms. The third-order valence-electron chi connectivity index (χ3n) is 1.79. The molecule has 1 nitrogen and oxygen atoms in total. The summed E-state index contributed by atoms with van der Waals surface area (Å²) in [5.74, 6) is 0. The van der Waals surface area contributed by atoms with E-state index in [2.05, 4.69) is 18.5 Å². The fourth-order valence-corrected chi connectivity index (χ4v) is 1.09. The van der Waals surface area contributed by atoms with E-state index in [4.69, 9.17) is 0 Å². The summed E-state index contributed by atoms with van der Waals surface area (Å²) in [6, 6.07) is 10.0. The molecule has 0 saturated carbocycles. The second kappa shape index (κ2) is 5.31. The molecule has 0 aliphatic carbocycles. The van der Waals surface area contributed by atoms with E-state index in [1.807, 2.05) is 36.4 Å². The molecule has 0 amide bonds. The van der Waals surface area contributed by atoms with E-state index in [-0.39, 0.29) is 0 Å². The van der Waals surface area contributed by atoms with Crippen molar-refractivity contribution >= 4 is 11.4 Å². The van der Waals surface area contributed by atoms with Gasteiger partial charge in [0.2, 0.25) is 0 Å². The number of hydrogen-bond acceptors (Lipinski definition) is 1. The molecule has 0 N–H and O–H groups in total. The fourth-order valence-electron chi connectivity index (χ4n) is 1.09. The van der Waals surface area contributed by atoms with E-state index in [9.17, 15) is 0 Å². The molecule has 0 saturated heterocycles. The predicted molar refractivity (Wildman–Crippen MR) is 58.6 cm³/mol. The van der Waals surface area contributed by atoms with Gasteiger partial charge < -0.3 is 0 Å². The van der Waals surface area contributed by atoms with Crippen LogP contribution < -0.4 is 0 Å². The van der Waals surface area contributed by atoms with Crippen LogP contribution in [0.1, 0.15) is 19.8 Å². The molecule has 1 aromatic carbocycles. The fraction of sp³-hybridized carbons (Fsp3) is 0.250. The molecule has 0 spiro atoms. The Bertz CT molecular complexity index is 285. The summed E-state index contributed by atoms with van der Waals surface area (Å²) in [4.78, 5) is 4.47. The van der Waals surface area contributed by atoms with E-state index < -0.39 is 0 Å². The minimum atomic E-state index is 0.998. The summed E-state index contributed by atoms with van der Waals surface area (Å²) in [7, 11) is 0. The second-order valence-electron chi connectivity index (χ2n) is 3.01. The number of aliphatic imine (C=N–C) groups is 1. The van der Waals surface area contributed by atoms with E-state index in [0.717, 1.165) is 24.2 Å². The summed E-state index contributed by atoms with van der Waals surface area (Å²) in [6.45, 7) is 5.74. The molecule has 1 rings (SSSR count). The maximum absolute atomic E-state index is 4.47. The van der Waals surface area contributed by atoms with Crippen molar-refractivity contribution in [3.63, 3.8) is 0 Å². The van der Waals surface area contributed by atoms with Gasteiger partial charge in [0, 0.05) is 5.71 Å². The van der Waals surface area contributed by atoms with Gasteiger partial charge >= 0.3 is 0 Å². The molecular weight excluding hydrogens is 158 g/mol. The van der Waals surface area contributed by atoms with E-state index in [1.165, 1.54) is 0 Å². The zero-order valence-corrected chi connectivity index (χ0v) is 8.03. The van der Waals surface area contributed by atoms with Crippen LogP contribution in [0.3, 0.4) is 0 Å². The van der Waals surface area contributed by atoms with Crippen molar-refractivity contribution in [2.45, 2.75) is 19.8 Å². The normalized spacial score (nSPS) is 11.3. The van der Waals surface area contributed by atoms with Gasteiger partial charge in [-0.2, -0.15) is 0 Å². The molecule has 0 atom stereocenters. The maximum atomic E-state index is 4.47. The molecule has 13 heavy (non-hydrogen) atoms. The van der Waals surface area contributed by atoms with Gasteiger partial charge in [0.25, 0.3) is 0 Å². The van der Waals surface area contributed by atoms with E-state index >= 15 is 0 Å². The smallest absolute Gasteiger partial charge is 0.0628 e. The Morgan fingerprint density at radius 2 is 2.08 bits per heavy atom. The Morgan fingerprint density at radius 3 is 2.69 bits per heavy atom. The van der Waals surface area contributed by atoms with E-state index in [0.29, 0.717) is 0 Å². The second-order valence-corrected chi connectivity index (χ2v) is 3.01. The summed E-state index contributed by atoms with van der Waals surface area (Å²) < 4.78 is 0. The molecular formula is C12H15N. The average molecular weight is 173 g/mol. The molecule has 0 fully saturated rings. The largest absolute Gasteiger partial charge is 0.258 e. The van der Waals surface area contributed by atoms with Gasteiger partial charge in [0.1, 0.15) is 0 Å². The van der Waals surface area contributed by atoms with Crippen LogP contribution in [0.5, 0.6) is 0 Å². The lowest BCUT2D eigenvalue weighted by atomic mass is 10.2. The first-order valence-electron chi connectivity index (χ1n) is 4.53. The predicted octanol–water partition coefficient (Wildman–Crippen LogP) is 3.75. The lowest BCUT2D eigenvalue weighted by Gasteiger charge is -1.97. The van der Waals surface area contributed by atoms with Crippen molar-refractivity contribution in [1.82, 2.24) is 0 Å². The Kier molecular flexibility index (Phi) is 3.97. The molecule has 68 valence electrons. The SMILES string of the molecule is C=CCCC(C)=Nc1ccccc1. The van der Waals surface area contributed by atoms with Crippen molar-refractivity contribution in [1.29, 1.82) is 0 Å². The third-order valence-corrected chi connectivity index (χ3v) is 1.79. The number of nitrogens with zero attached hydrogens (tertiary/aromatic N) is 1. The van der Waals surface area contributed by atoms with Crippen LogP contribution in [0, 0.1) is 0 Å². The molecule has 0 aliphatic heterocycles. The molecule has 0 unspecified atom stereocenters.